The van der Waals surface area contributed by atoms with Gasteiger partial charge < -0.3 is 10.1 Å². The summed E-state index contributed by atoms with van der Waals surface area (Å²) in [6, 6.07) is 22.1. The van der Waals surface area contributed by atoms with E-state index in [4.69, 9.17) is 4.74 Å². The van der Waals surface area contributed by atoms with Crippen LogP contribution in [-0.2, 0) is 10.0 Å². The van der Waals surface area contributed by atoms with Gasteiger partial charge in [0.1, 0.15) is 12.4 Å². The van der Waals surface area contributed by atoms with E-state index in [9.17, 15) is 13.2 Å². The SMILES string of the molecule is Cc1ccccc1NS(=O)(=O)c1cccc(C(=O)NC(C)COc2ccccc2)c1. The highest BCUT2D eigenvalue weighted by atomic mass is 32.2. The molecule has 0 aliphatic rings. The second-order valence-corrected chi connectivity index (χ2v) is 8.63. The van der Waals surface area contributed by atoms with Crippen LogP contribution in [0, 0.1) is 6.92 Å². The van der Waals surface area contributed by atoms with Gasteiger partial charge in [-0.3, -0.25) is 9.52 Å². The van der Waals surface area contributed by atoms with Crippen LogP contribution in [0.4, 0.5) is 5.69 Å². The lowest BCUT2D eigenvalue weighted by Gasteiger charge is -2.16. The largest absolute Gasteiger partial charge is 0.491 e. The fraction of sp³-hybridized carbons (Fsp3) is 0.174. The van der Waals surface area contributed by atoms with Crippen LogP contribution in [0.3, 0.4) is 0 Å². The Kier molecular flexibility index (Phi) is 6.74. The molecule has 1 atom stereocenters. The number of hydrogen-bond donors (Lipinski definition) is 2. The summed E-state index contributed by atoms with van der Waals surface area (Å²) in [6.45, 7) is 3.93. The van der Waals surface area contributed by atoms with Gasteiger partial charge in [0.15, 0.2) is 0 Å². The summed E-state index contributed by atoms with van der Waals surface area (Å²) in [5, 5.41) is 2.82. The van der Waals surface area contributed by atoms with E-state index in [1.807, 2.05) is 56.3 Å². The third-order valence-corrected chi connectivity index (χ3v) is 5.78. The van der Waals surface area contributed by atoms with Gasteiger partial charge in [-0.2, -0.15) is 0 Å². The van der Waals surface area contributed by atoms with Crippen LogP contribution < -0.4 is 14.8 Å². The first-order valence-electron chi connectivity index (χ1n) is 9.52. The summed E-state index contributed by atoms with van der Waals surface area (Å²) < 4.78 is 33.7. The van der Waals surface area contributed by atoms with Crippen molar-refractivity contribution in [1.82, 2.24) is 5.32 Å². The summed E-state index contributed by atoms with van der Waals surface area (Å²) in [5.41, 5.74) is 1.57. The van der Waals surface area contributed by atoms with E-state index in [1.165, 1.54) is 12.1 Å². The molecule has 3 rings (SSSR count). The Morgan fingerprint density at radius 3 is 2.40 bits per heavy atom. The number of sulfonamides is 1. The van der Waals surface area contributed by atoms with E-state index in [2.05, 4.69) is 10.0 Å². The van der Waals surface area contributed by atoms with Gasteiger partial charge in [-0.1, -0.05) is 42.5 Å². The first kappa shape index (κ1) is 21.4. The van der Waals surface area contributed by atoms with E-state index >= 15 is 0 Å². The van der Waals surface area contributed by atoms with Crippen LogP contribution in [-0.4, -0.2) is 27.0 Å². The summed E-state index contributed by atoms with van der Waals surface area (Å²) in [4.78, 5) is 12.6. The lowest BCUT2D eigenvalue weighted by molar-refractivity contribution is 0.0926. The van der Waals surface area contributed by atoms with Gasteiger partial charge in [-0.05, 0) is 55.8 Å². The molecule has 6 nitrogen and oxygen atoms in total. The van der Waals surface area contributed by atoms with Crippen molar-refractivity contribution >= 4 is 21.6 Å². The molecule has 0 heterocycles. The topological polar surface area (TPSA) is 84.5 Å². The first-order valence-corrected chi connectivity index (χ1v) is 11.0. The molecule has 1 unspecified atom stereocenters. The maximum absolute atomic E-state index is 12.7. The minimum atomic E-state index is -3.82. The van der Waals surface area contributed by atoms with Crippen LogP contribution in [0.2, 0.25) is 0 Å². The maximum atomic E-state index is 12.7. The monoisotopic (exact) mass is 424 g/mol. The van der Waals surface area contributed by atoms with Crippen molar-refractivity contribution in [2.45, 2.75) is 24.8 Å². The summed E-state index contributed by atoms with van der Waals surface area (Å²) >= 11 is 0. The second kappa shape index (κ2) is 9.45. The van der Waals surface area contributed by atoms with Crippen molar-refractivity contribution in [3.05, 3.63) is 90.0 Å². The molecule has 0 bridgehead atoms. The number of para-hydroxylation sites is 2. The average Bonchev–Trinajstić information content (AvgIpc) is 2.74. The molecule has 0 aliphatic heterocycles. The molecule has 0 radical (unpaired) electrons. The molecule has 0 saturated heterocycles. The third-order valence-electron chi connectivity index (χ3n) is 4.42. The van der Waals surface area contributed by atoms with E-state index in [0.29, 0.717) is 18.0 Å². The predicted octanol–water partition coefficient (Wildman–Crippen LogP) is 3.99. The fourth-order valence-corrected chi connectivity index (χ4v) is 3.96. The van der Waals surface area contributed by atoms with E-state index in [-0.39, 0.29) is 22.4 Å². The first-order chi connectivity index (χ1) is 14.3. The molecular weight excluding hydrogens is 400 g/mol. The molecule has 0 spiro atoms. The van der Waals surface area contributed by atoms with Gasteiger partial charge >= 0.3 is 0 Å². The summed E-state index contributed by atoms with van der Waals surface area (Å²) in [6.07, 6.45) is 0. The minimum Gasteiger partial charge on any atom is -0.491 e. The van der Waals surface area contributed by atoms with Crippen LogP contribution in [0.5, 0.6) is 5.75 Å². The van der Waals surface area contributed by atoms with Crippen molar-refractivity contribution in [1.29, 1.82) is 0 Å². The second-order valence-electron chi connectivity index (χ2n) is 6.95. The van der Waals surface area contributed by atoms with E-state index in [0.717, 1.165) is 5.56 Å². The Hall–Kier alpha value is -3.32. The molecule has 2 N–H and O–H groups in total. The highest BCUT2D eigenvalue weighted by Crippen LogP contribution is 2.20. The number of aryl methyl sites for hydroxylation is 1. The average molecular weight is 425 g/mol. The van der Waals surface area contributed by atoms with Gasteiger partial charge in [0.05, 0.1) is 16.6 Å². The molecule has 3 aromatic carbocycles. The molecule has 0 aromatic heterocycles. The lowest BCUT2D eigenvalue weighted by atomic mass is 10.2. The normalized spacial score (nSPS) is 12.1. The fourth-order valence-electron chi connectivity index (χ4n) is 2.78. The smallest absolute Gasteiger partial charge is 0.261 e. The standard InChI is InChI=1S/C23H24N2O4S/c1-17-9-6-7-14-22(17)25-30(27,28)21-13-8-10-19(15-21)23(26)24-18(2)16-29-20-11-4-3-5-12-20/h3-15,18,25H,16H2,1-2H3,(H,24,26). The summed E-state index contributed by atoms with van der Waals surface area (Å²) in [5.74, 6) is 0.348. The Labute approximate surface area is 177 Å². The molecule has 1 amide bonds. The van der Waals surface area contributed by atoms with Crippen LogP contribution in [0.15, 0.2) is 83.8 Å². The van der Waals surface area contributed by atoms with E-state index in [1.54, 1.807) is 24.3 Å². The van der Waals surface area contributed by atoms with Crippen LogP contribution in [0.25, 0.3) is 0 Å². The highest BCUT2D eigenvalue weighted by molar-refractivity contribution is 7.92. The lowest BCUT2D eigenvalue weighted by Crippen LogP contribution is -2.36. The third kappa shape index (κ3) is 5.61. The maximum Gasteiger partial charge on any atom is 0.261 e. The van der Waals surface area contributed by atoms with Gasteiger partial charge in [0, 0.05) is 5.56 Å². The number of ether oxygens (including phenoxy) is 1. The molecule has 0 aliphatic carbocycles. The van der Waals surface area contributed by atoms with Gasteiger partial charge in [-0.25, -0.2) is 8.42 Å². The number of anilines is 1. The zero-order valence-corrected chi connectivity index (χ0v) is 17.6. The van der Waals surface area contributed by atoms with Crippen molar-refractivity contribution in [2.75, 3.05) is 11.3 Å². The number of rotatable bonds is 8. The number of hydrogen-bond acceptors (Lipinski definition) is 4. The number of carbonyl (C=O) groups excluding carboxylic acids is 1. The molecular formula is C23H24N2O4S. The Morgan fingerprint density at radius 2 is 1.67 bits per heavy atom. The molecule has 30 heavy (non-hydrogen) atoms. The van der Waals surface area contributed by atoms with Gasteiger partial charge in [-0.15, -0.1) is 0 Å². The number of carbonyl (C=O) groups is 1. The Bertz CT molecular complexity index is 1110. The van der Waals surface area contributed by atoms with Crippen molar-refractivity contribution in [2.24, 2.45) is 0 Å². The predicted molar refractivity (Wildman–Crippen MR) is 117 cm³/mol. The summed E-state index contributed by atoms with van der Waals surface area (Å²) in [7, 11) is -3.82. The van der Waals surface area contributed by atoms with Crippen LogP contribution >= 0.6 is 0 Å². The van der Waals surface area contributed by atoms with Crippen LogP contribution in [0.1, 0.15) is 22.8 Å². The van der Waals surface area contributed by atoms with Gasteiger partial charge in [0.2, 0.25) is 0 Å². The van der Waals surface area contributed by atoms with Gasteiger partial charge in [0.25, 0.3) is 15.9 Å². The number of benzene rings is 3. The quantitative estimate of drug-likeness (QED) is 0.573. The molecule has 3 aromatic rings. The molecule has 7 heteroatoms. The van der Waals surface area contributed by atoms with Crippen molar-refractivity contribution in [3.8, 4) is 5.75 Å². The number of amides is 1. The molecule has 0 fully saturated rings. The highest BCUT2D eigenvalue weighted by Gasteiger charge is 2.18. The Morgan fingerprint density at radius 1 is 0.967 bits per heavy atom. The Balaban J connectivity index is 1.66. The molecule has 156 valence electrons. The minimum absolute atomic E-state index is 0.0200. The number of nitrogens with one attached hydrogen (secondary N) is 2. The van der Waals surface area contributed by atoms with E-state index < -0.39 is 10.0 Å². The zero-order chi connectivity index (χ0) is 21.6. The zero-order valence-electron chi connectivity index (χ0n) is 16.8. The molecule has 0 saturated carbocycles. The van der Waals surface area contributed by atoms with Crippen molar-refractivity contribution in [3.63, 3.8) is 0 Å². The van der Waals surface area contributed by atoms with Crippen molar-refractivity contribution < 1.29 is 17.9 Å².